The summed E-state index contributed by atoms with van der Waals surface area (Å²) < 4.78 is 5.59. The molecule has 0 spiro atoms. The van der Waals surface area contributed by atoms with Crippen molar-refractivity contribution in [1.82, 2.24) is 5.32 Å². The van der Waals surface area contributed by atoms with E-state index in [0.29, 0.717) is 24.1 Å². The van der Waals surface area contributed by atoms with Crippen molar-refractivity contribution < 1.29 is 9.53 Å². The predicted molar refractivity (Wildman–Crippen MR) is 65.3 cm³/mol. The number of carbonyl (C=O) groups excluding carboxylic acids is 1. The Labute approximate surface area is 105 Å². The standard InChI is InChI=1S/C13H14ClNO2/c14-10-1-4-12-8(6-10)5-9(7-17-12)13(16)15-11-2-3-11/h1,4,6,9,11H,2-3,5,7H2,(H,15,16)/t9-/m1/s1. The average molecular weight is 252 g/mol. The topological polar surface area (TPSA) is 38.3 Å². The first kappa shape index (κ1) is 10.9. The minimum Gasteiger partial charge on any atom is -0.492 e. The summed E-state index contributed by atoms with van der Waals surface area (Å²) in [5.41, 5.74) is 1.03. The fraction of sp³-hybridized carbons (Fsp3) is 0.462. The summed E-state index contributed by atoms with van der Waals surface area (Å²) >= 11 is 5.94. The Morgan fingerprint density at radius 3 is 3.00 bits per heavy atom. The molecule has 0 aromatic heterocycles. The molecule has 3 nitrogen and oxygen atoms in total. The minimum absolute atomic E-state index is 0.0819. The smallest absolute Gasteiger partial charge is 0.227 e. The lowest BCUT2D eigenvalue weighted by Crippen LogP contribution is -2.38. The van der Waals surface area contributed by atoms with Gasteiger partial charge < -0.3 is 10.1 Å². The number of halogens is 1. The molecule has 1 N–H and O–H groups in total. The molecule has 0 unspecified atom stereocenters. The second-order valence-electron chi connectivity index (χ2n) is 4.75. The SMILES string of the molecule is O=C(NC1CC1)[C@H]1COc2ccc(Cl)cc2C1. The zero-order valence-electron chi connectivity index (χ0n) is 9.41. The highest BCUT2D eigenvalue weighted by atomic mass is 35.5. The Bertz CT molecular complexity index is 457. The maximum Gasteiger partial charge on any atom is 0.227 e. The predicted octanol–water partition coefficient (Wildman–Crippen LogP) is 2.17. The van der Waals surface area contributed by atoms with E-state index in [1.54, 1.807) is 0 Å². The third-order valence-electron chi connectivity index (χ3n) is 3.22. The van der Waals surface area contributed by atoms with Gasteiger partial charge in [-0.3, -0.25) is 4.79 Å². The van der Waals surface area contributed by atoms with Gasteiger partial charge in [-0.05, 0) is 43.0 Å². The molecule has 1 aliphatic heterocycles. The molecule has 0 radical (unpaired) electrons. The van der Waals surface area contributed by atoms with E-state index < -0.39 is 0 Å². The van der Waals surface area contributed by atoms with Crippen LogP contribution < -0.4 is 10.1 Å². The Morgan fingerprint density at radius 2 is 2.24 bits per heavy atom. The zero-order valence-corrected chi connectivity index (χ0v) is 10.2. The van der Waals surface area contributed by atoms with E-state index in [9.17, 15) is 4.79 Å². The maximum absolute atomic E-state index is 11.9. The molecule has 2 aliphatic rings. The molecule has 1 heterocycles. The van der Waals surface area contributed by atoms with Crippen molar-refractivity contribution in [1.29, 1.82) is 0 Å². The molecule has 17 heavy (non-hydrogen) atoms. The summed E-state index contributed by atoms with van der Waals surface area (Å²) in [6, 6.07) is 5.97. The van der Waals surface area contributed by atoms with E-state index in [4.69, 9.17) is 16.3 Å². The van der Waals surface area contributed by atoms with Crippen molar-refractivity contribution in [3.05, 3.63) is 28.8 Å². The number of amides is 1. The fourth-order valence-corrected chi connectivity index (χ4v) is 2.27. The molecule has 1 fully saturated rings. The number of fused-ring (bicyclic) bond motifs is 1. The van der Waals surface area contributed by atoms with Crippen LogP contribution in [0.3, 0.4) is 0 Å². The first-order valence-corrected chi connectivity index (χ1v) is 6.32. The lowest BCUT2D eigenvalue weighted by atomic mass is 9.96. The van der Waals surface area contributed by atoms with E-state index >= 15 is 0 Å². The zero-order chi connectivity index (χ0) is 11.8. The van der Waals surface area contributed by atoms with Crippen LogP contribution in [-0.2, 0) is 11.2 Å². The fourth-order valence-electron chi connectivity index (χ4n) is 2.08. The van der Waals surface area contributed by atoms with E-state index in [1.807, 2.05) is 18.2 Å². The van der Waals surface area contributed by atoms with E-state index in [0.717, 1.165) is 24.2 Å². The summed E-state index contributed by atoms with van der Waals surface area (Å²) in [5.74, 6) is 0.879. The molecule has 0 saturated heterocycles. The van der Waals surface area contributed by atoms with Gasteiger partial charge >= 0.3 is 0 Å². The molecule has 0 bridgehead atoms. The molecule has 1 atom stereocenters. The van der Waals surface area contributed by atoms with Crippen molar-refractivity contribution in [3.8, 4) is 5.75 Å². The van der Waals surface area contributed by atoms with E-state index in [-0.39, 0.29) is 11.8 Å². The van der Waals surface area contributed by atoms with E-state index in [1.165, 1.54) is 0 Å². The van der Waals surface area contributed by atoms with Gasteiger partial charge in [0.05, 0.1) is 5.92 Å². The molecule has 1 amide bonds. The van der Waals surface area contributed by atoms with Crippen LogP contribution in [0.2, 0.25) is 5.02 Å². The molecule has 1 aromatic carbocycles. The number of hydrogen-bond donors (Lipinski definition) is 1. The average Bonchev–Trinajstić information content (AvgIpc) is 3.12. The number of hydrogen-bond acceptors (Lipinski definition) is 2. The quantitative estimate of drug-likeness (QED) is 0.875. The normalized spacial score (nSPS) is 22.5. The van der Waals surface area contributed by atoms with Crippen LogP contribution in [0.5, 0.6) is 5.75 Å². The van der Waals surface area contributed by atoms with Crippen LogP contribution in [0, 0.1) is 5.92 Å². The van der Waals surface area contributed by atoms with Crippen LogP contribution in [0.15, 0.2) is 18.2 Å². The van der Waals surface area contributed by atoms with Crippen molar-refractivity contribution in [3.63, 3.8) is 0 Å². The molecule has 1 saturated carbocycles. The highest BCUT2D eigenvalue weighted by molar-refractivity contribution is 6.30. The monoisotopic (exact) mass is 251 g/mol. The summed E-state index contributed by atoms with van der Waals surface area (Å²) in [6.45, 7) is 0.465. The Balaban J connectivity index is 1.72. The van der Waals surface area contributed by atoms with Gasteiger partial charge in [-0.1, -0.05) is 11.6 Å². The lowest BCUT2D eigenvalue weighted by molar-refractivity contribution is -0.126. The number of nitrogens with one attached hydrogen (secondary N) is 1. The van der Waals surface area contributed by atoms with E-state index in [2.05, 4.69) is 5.32 Å². The van der Waals surface area contributed by atoms with Gasteiger partial charge in [0.2, 0.25) is 5.91 Å². The minimum atomic E-state index is -0.0819. The molecular weight excluding hydrogens is 238 g/mol. The summed E-state index contributed by atoms with van der Waals surface area (Å²) in [4.78, 5) is 11.9. The summed E-state index contributed by atoms with van der Waals surface area (Å²) in [5, 5.41) is 3.71. The highest BCUT2D eigenvalue weighted by Crippen LogP contribution is 2.30. The number of ether oxygens (including phenoxy) is 1. The van der Waals surface area contributed by atoms with Gasteiger partial charge in [0.1, 0.15) is 12.4 Å². The van der Waals surface area contributed by atoms with Crippen molar-refractivity contribution in [2.45, 2.75) is 25.3 Å². The van der Waals surface area contributed by atoms with Crippen LogP contribution in [0.1, 0.15) is 18.4 Å². The first-order chi connectivity index (χ1) is 8.22. The van der Waals surface area contributed by atoms with Gasteiger partial charge in [0.25, 0.3) is 0 Å². The number of benzene rings is 1. The van der Waals surface area contributed by atoms with Gasteiger partial charge in [0, 0.05) is 11.1 Å². The van der Waals surface area contributed by atoms with Crippen molar-refractivity contribution in [2.24, 2.45) is 5.92 Å². The lowest BCUT2D eigenvalue weighted by Gasteiger charge is -2.24. The van der Waals surface area contributed by atoms with Crippen molar-refractivity contribution in [2.75, 3.05) is 6.61 Å². The molecule has 1 aromatic rings. The van der Waals surface area contributed by atoms with Gasteiger partial charge in [-0.25, -0.2) is 0 Å². The molecular formula is C13H14ClNO2. The number of carbonyl (C=O) groups is 1. The molecule has 3 rings (SSSR count). The second kappa shape index (κ2) is 4.22. The van der Waals surface area contributed by atoms with Crippen LogP contribution >= 0.6 is 11.6 Å². The molecule has 90 valence electrons. The second-order valence-corrected chi connectivity index (χ2v) is 5.18. The Kier molecular flexibility index (Phi) is 2.71. The first-order valence-electron chi connectivity index (χ1n) is 5.94. The summed E-state index contributed by atoms with van der Waals surface area (Å²) in [6.07, 6.45) is 2.94. The molecule has 1 aliphatic carbocycles. The van der Waals surface area contributed by atoms with Gasteiger partial charge in [-0.15, -0.1) is 0 Å². The third kappa shape index (κ3) is 2.39. The maximum atomic E-state index is 11.9. The molecule has 4 heteroatoms. The van der Waals surface area contributed by atoms with Crippen LogP contribution in [0.25, 0.3) is 0 Å². The number of rotatable bonds is 2. The van der Waals surface area contributed by atoms with Crippen molar-refractivity contribution >= 4 is 17.5 Å². The van der Waals surface area contributed by atoms with Gasteiger partial charge in [-0.2, -0.15) is 0 Å². The van der Waals surface area contributed by atoms with Crippen LogP contribution in [-0.4, -0.2) is 18.6 Å². The summed E-state index contributed by atoms with van der Waals surface area (Å²) in [7, 11) is 0. The Morgan fingerprint density at radius 1 is 1.41 bits per heavy atom. The van der Waals surface area contributed by atoms with Crippen LogP contribution in [0.4, 0.5) is 0 Å². The Hall–Kier alpha value is -1.22. The third-order valence-corrected chi connectivity index (χ3v) is 3.46. The highest BCUT2D eigenvalue weighted by Gasteiger charge is 2.30. The van der Waals surface area contributed by atoms with Gasteiger partial charge in [0.15, 0.2) is 0 Å². The largest absolute Gasteiger partial charge is 0.492 e.